The normalized spacial score (nSPS) is 11.9. The van der Waals surface area contributed by atoms with Crippen LogP contribution in [0.25, 0.3) is 0 Å². The summed E-state index contributed by atoms with van der Waals surface area (Å²) >= 11 is 0. The monoisotopic (exact) mass is 244 g/mol. The lowest BCUT2D eigenvalue weighted by Crippen LogP contribution is -2.09. The number of hydrogen-bond donors (Lipinski definition) is 0. The molecule has 0 amide bonds. The number of rotatable bonds is 4. The van der Waals surface area contributed by atoms with Gasteiger partial charge in [-0.25, -0.2) is 0 Å². The van der Waals surface area contributed by atoms with Crippen LogP contribution in [0.4, 0.5) is 13.2 Å². The topological polar surface area (TPSA) is 17.1 Å². The summed E-state index contributed by atoms with van der Waals surface area (Å²) in [6, 6.07) is 5.13. The molecule has 0 saturated carbocycles. The molecule has 0 aromatic heterocycles. The molecule has 0 saturated heterocycles. The van der Waals surface area contributed by atoms with Crippen LogP contribution >= 0.6 is 0 Å². The predicted octanol–water partition coefficient (Wildman–Crippen LogP) is 3.86. The number of aryl methyl sites for hydroxylation is 1. The van der Waals surface area contributed by atoms with Crippen molar-refractivity contribution in [2.45, 2.75) is 32.9 Å². The zero-order valence-electron chi connectivity index (χ0n) is 9.84. The molecule has 94 valence electrons. The molecule has 0 N–H and O–H groups in total. The summed E-state index contributed by atoms with van der Waals surface area (Å²) in [5.74, 6) is 0.00297. The number of benzene rings is 1. The third-order valence-electron chi connectivity index (χ3n) is 2.56. The summed E-state index contributed by atoms with van der Waals surface area (Å²) in [6.07, 6.45) is -3.67. The van der Waals surface area contributed by atoms with Gasteiger partial charge in [0.05, 0.1) is 5.56 Å². The molecular weight excluding hydrogens is 229 g/mol. The summed E-state index contributed by atoms with van der Waals surface area (Å²) in [7, 11) is 0. The lowest BCUT2D eigenvalue weighted by molar-refractivity contribution is -0.137. The van der Waals surface area contributed by atoms with Gasteiger partial charge in [-0.05, 0) is 18.1 Å². The van der Waals surface area contributed by atoms with Crippen molar-refractivity contribution >= 4 is 5.78 Å². The summed E-state index contributed by atoms with van der Waals surface area (Å²) in [4.78, 5) is 11.4. The highest BCUT2D eigenvalue weighted by Gasteiger charge is 2.30. The minimum Gasteiger partial charge on any atom is -0.299 e. The Kier molecular flexibility index (Phi) is 4.32. The molecule has 0 radical (unpaired) electrons. The second-order valence-electron chi connectivity index (χ2n) is 4.32. The van der Waals surface area contributed by atoms with Gasteiger partial charge in [-0.1, -0.05) is 32.0 Å². The summed E-state index contributed by atoms with van der Waals surface area (Å²) in [5, 5.41) is 0. The van der Waals surface area contributed by atoms with Gasteiger partial charge in [-0.15, -0.1) is 0 Å². The third kappa shape index (κ3) is 4.21. The van der Waals surface area contributed by atoms with Crippen LogP contribution in [0.15, 0.2) is 24.3 Å². The van der Waals surface area contributed by atoms with E-state index in [2.05, 4.69) is 0 Å². The van der Waals surface area contributed by atoms with Gasteiger partial charge in [0.2, 0.25) is 0 Å². The highest BCUT2D eigenvalue weighted by Crippen LogP contribution is 2.29. The first-order valence-corrected chi connectivity index (χ1v) is 5.49. The van der Waals surface area contributed by atoms with E-state index in [1.165, 1.54) is 6.07 Å². The number of hydrogen-bond acceptors (Lipinski definition) is 1. The maximum Gasteiger partial charge on any atom is 0.416 e. The lowest BCUT2D eigenvalue weighted by atomic mass is 10.00. The number of carbonyl (C=O) groups excluding carboxylic acids is 1. The van der Waals surface area contributed by atoms with Gasteiger partial charge in [-0.3, -0.25) is 4.79 Å². The molecule has 0 aliphatic rings. The molecule has 1 aromatic carbocycles. The van der Waals surface area contributed by atoms with Crippen LogP contribution < -0.4 is 0 Å². The Hall–Kier alpha value is -1.32. The first-order valence-electron chi connectivity index (χ1n) is 5.49. The van der Waals surface area contributed by atoms with Crippen LogP contribution in [0, 0.1) is 5.92 Å². The molecule has 0 atom stereocenters. The largest absolute Gasteiger partial charge is 0.416 e. The Balaban J connectivity index is 2.70. The van der Waals surface area contributed by atoms with E-state index in [0.717, 1.165) is 12.1 Å². The Morgan fingerprint density at radius 3 is 2.47 bits per heavy atom. The molecule has 0 aliphatic heterocycles. The first kappa shape index (κ1) is 13.7. The molecule has 0 heterocycles. The second-order valence-corrected chi connectivity index (χ2v) is 4.32. The minimum absolute atomic E-state index is 0.0687. The quantitative estimate of drug-likeness (QED) is 0.786. The van der Waals surface area contributed by atoms with Crippen molar-refractivity contribution < 1.29 is 18.0 Å². The molecule has 1 aromatic rings. The van der Waals surface area contributed by atoms with E-state index in [9.17, 15) is 18.0 Å². The van der Waals surface area contributed by atoms with E-state index in [1.54, 1.807) is 19.9 Å². The molecule has 1 nitrogen and oxygen atoms in total. The van der Waals surface area contributed by atoms with Crippen molar-refractivity contribution in [3.63, 3.8) is 0 Å². The number of ketones is 1. The predicted molar refractivity (Wildman–Crippen MR) is 59.6 cm³/mol. The van der Waals surface area contributed by atoms with Crippen molar-refractivity contribution in [1.82, 2.24) is 0 Å². The maximum absolute atomic E-state index is 12.4. The standard InChI is InChI=1S/C13H15F3O/c1-9(2)12(17)7-6-10-4-3-5-11(8-10)13(14,15)16/h3-5,8-9H,6-7H2,1-2H3. The average Bonchev–Trinajstić information content (AvgIpc) is 2.25. The van der Waals surface area contributed by atoms with Crippen LogP contribution in [0.1, 0.15) is 31.4 Å². The molecule has 4 heteroatoms. The van der Waals surface area contributed by atoms with Gasteiger partial charge in [-0.2, -0.15) is 13.2 Å². The third-order valence-corrected chi connectivity index (χ3v) is 2.56. The fraction of sp³-hybridized carbons (Fsp3) is 0.462. The van der Waals surface area contributed by atoms with Crippen molar-refractivity contribution in [1.29, 1.82) is 0 Å². The van der Waals surface area contributed by atoms with Crippen LogP contribution in [0.5, 0.6) is 0 Å². The Morgan fingerprint density at radius 2 is 1.94 bits per heavy atom. The van der Waals surface area contributed by atoms with E-state index in [4.69, 9.17) is 0 Å². The van der Waals surface area contributed by atoms with E-state index < -0.39 is 11.7 Å². The molecule has 0 spiro atoms. The fourth-order valence-electron chi connectivity index (χ4n) is 1.46. The van der Waals surface area contributed by atoms with Crippen molar-refractivity contribution in [3.05, 3.63) is 35.4 Å². The summed E-state index contributed by atoms with van der Waals surface area (Å²) in [6.45, 7) is 3.57. The molecule has 0 aliphatic carbocycles. The summed E-state index contributed by atoms with van der Waals surface area (Å²) < 4.78 is 37.3. The van der Waals surface area contributed by atoms with E-state index in [0.29, 0.717) is 18.4 Å². The van der Waals surface area contributed by atoms with Crippen LogP contribution in [0.2, 0.25) is 0 Å². The Morgan fingerprint density at radius 1 is 1.29 bits per heavy atom. The number of carbonyl (C=O) groups is 1. The average molecular weight is 244 g/mol. The van der Waals surface area contributed by atoms with Crippen LogP contribution in [-0.4, -0.2) is 5.78 Å². The van der Waals surface area contributed by atoms with Gasteiger partial charge in [0.15, 0.2) is 0 Å². The summed E-state index contributed by atoms with van der Waals surface area (Å²) in [5.41, 5.74) is -0.110. The smallest absolute Gasteiger partial charge is 0.299 e. The molecule has 0 bridgehead atoms. The van der Waals surface area contributed by atoms with Gasteiger partial charge in [0, 0.05) is 12.3 Å². The first-order chi connectivity index (χ1) is 7.80. The Bertz CT molecular complexity index is 394. The zero-order valence-corrected chi connectivity index (χ0v) is 9.84. The SMILES string of the molecule is CC(C)C(=O)CCc1cccc(C(F)(F)F)c1. The molecule has 0 fully saturated rings. The highest BCUT2D eigenvalue weighted by molar-refractivity contribution is 5.80. The van der Waals surface area contributed by atoms with E-state index in [1.807, 2.05) is 0 Å². The van der Waals surface area contributed by atoms with Crippen molar-refractivity contribution in [2.24, 2.45) is 5.92 Å². The highest BCUT2D eigenvalue weighted by atomic mass is 19.4. The second kappa shape index (κ2) is 5.34. The number of halogens is 3. The number of alkyl halides is 3. The van der Waals surface area contributed by atoms with Crippen molar-refractivity contribution in [2.75, 3.05) is 0 Å². The van der Waals surface area contributed by atoms with Gasteiger partial charge < -0.3 is 0 Å². The molecule has 1 rings (SSSR count). The fourth-order valence-corrected chi connectivity index (χ4v) is 1.46. The molecular formula is C13H15F3O. The van der Waals surface area contributed by atoms with E-state index >= 15 is 0 Å². The van der Waals surface area contributed by atoms with E-state index in [-0.39, 0.29) is 11.7 Å². The molecule has 0 unspecified atom stereocenters. The van der Waals surface area contributed by atoms with Crippen LogP contribution in [-0.2, 0) is 17.4 Å². The lowest BCUT2D eigenvalue weighted by Gasteiger charge is -2.09. The van der Waals surface area contributed by atoms with Gasteiger partial charge in [0.1, 0.15) is 5.78 Å². The maximum atomic E-state index is 12.4. The number of Topliss-reactive ketones (excluding diaryl/α,β-unsaturated/α-hetero) is 1. The van der Waals surface area contributed by atoms with Gasteiger partial charge >= 0.3 is 6.18 Å². The van der Waals surface area contributed by atoms with Gasteiger partial charge in [0.25, 0.3) is 0 Å². The minimum atomic E-state index is -4.32. The van der Waals surface area contributed by atoms with Crippen molar-refractivity contribution in [3.8, 4) is 0 Å². The Labute approximate surface area is 98.6 Å². The van der Waals surface area contributed by atoms with Crippen LogP contribution in [0.3, 0.4) is 0 Å². The molecule has 17 heavy (non-hydrogen) atoms. The zero-order chi connectivity index (χ0) is 13.1.